The van der Waals surface area contributed by atoms with Gasteiger partial charge in [-0.3, -0.25) is 0 Å². The minimum Gasteiger partial charge on any atom is -0.456 e. The third kappa shape index (κ3) is 14.6. The van der Waals surface area contributed by atoms with Crippen LogP contribution in [0.25, 0.3) is 306 Å². The van der Waals surface area contributed by atoms with Crippen molar-refractivity contribution in [3.63, 3.8) is 0 Å². The summed E-state index contributed by atoms with van der Waals surface area (Å²) in [6, 6.07) is 196. The quantitative estimate of drug-likeness (QED) is 0.135. The molecule has 0 atom stereocenters. The van der Waals surface area contributed by atoms with E-state index in [2.05, 4.69) is 534 Å². The van der Waals surface area contributed by atoms with E-state index in [0.29, 0.717) is 0 Å². The van der Waals surface area contributed by atoms with Crippen LogP contribution in [-0.4, -0.2) is 0 Å². The molecule has 32 aromatic rings. The zero-order valence-electron chi connectivity index (χ0n) is 81.6. The van der Waals surface area contributed by atoms with Crippen molar-refractivity contribution in [2.75, 3.05) is 0 Å². The lowest BCUT2D eigenvalue weighted by Crippen LogP contribution is -1.91. The van der Waals surface area contributed by atoms with Crippen LogP contribution < -0.4 is 0 Å². The number of benzene rings is 28. The second-order valence-corrected chi connectivity index (χ2v) is 39.1. The molecule has 0 aliphatic carbocycles. The minimum absolute atomic E-state index is 0.913. The Morgan fingerprint density at radius 3 is 0.767 bits per heavy atom. The summed E-state index contributed by atoms with van der Waals surface area (Å²) in [5.41, 5.74) is 29.8. The second-order valence-electron chi connectivity index (χ2n) is 39.1. The zero-order chi connectivity index (χ0) is 98.8. The van der Waals surface area contributed by atoms with E-state index in [4.69, 9.17) is 17.7 Å². The number of fused-ring (bicyclic) bond motifs is 24. The Morgan fingerprint density at radius 1 is 0.100 bits per heavy atom. The summed E-state index contributed by atoms with van der Waals surface area (Å²) in [7, 11) is 0. The molecule has 698 valence electrons. The maximum Gasteiger partial charge on any atom is 0.143 e. The third-order valence-electron chi connectivity index (χ3n) is 30.8. The van der Waals surface area contributed by atoms with Crippen molar-refractivity contribution in [3.05, 3.63) is 546 Å². The number of furan rings is 4. The van der Waals surface area contributed by atoms with E-state index in [1.54, 1.807) is 0 Å². The molecule has 0 unspecified atom stereocenters. The lowest BCUT2D eigenvalue weighted by molar-refractivity contribution is 0.668. The van der Waals surface area contributed by atoms with Gasteiger partial charge in [0.1, 0.15) is 44.7 Å². The van der Waals surface area contributed by atoms with Crippen molar-refractivity contribution in [2.45, 2.75) is 0 Å². The van der Waals surface area contributed by atoms with Crippen LogP contribution >= 0.6 is 0 Å². The van der Waals surface area contributed by atoms with Gasteiger partial charge < -0.3 is 17.7 Å². The maximum absolute atomic E-state index is 6.55. The van der Waals surface area contributed by atoms with E-state index < -0.39 is 0 Å². The molecule has 0 aliphatic rings. The molecule has 0 N–H and O–H groups in total. The molecular formula is C146H90O4. The first-order valence-electron chi connectivity index (χ1n) is 51.5. The third-order valence-corrected chi connectivity index (χ3v) is 30.8. The van der Waals surface area contributed by atoms with Crippen LogP contribution in [0.15, 0.2) is 564 Å². The van der Waals surface area contributed by atoms with Crippen LogP contribution in [0.1, 0.15) is 0 Å². The summed E-state index contributed by atoms with van der Waals surface area (Å²) < 4.78 is 25.4. The van der Waals surface area contributed by atoms with Crippen molar-refractivity contribution >= 4 is 206 Å². The van der Waals surface area contributed by atoms with Gasteiger partial charge in [0, 0.05) is 48.5 Å². The molecule has 28 aromatic carbocycles. The molecule has 0 fully saturated rings. The van der Waals surface area contributed by atoms with Gasteiger partial charge in [0.25, 0.3) is 0 Å². The van der Waals surface area contributed by atoms with Gasteiger partial charge >= 0.3 is 0 Å². The van der Waals surface area contributed by atoms with Gasteiger partial charge in [0.2, 0.25) is 0 Å². The predicted molar refractivity (Wildman–Crippen MR) is 636 cm³/mol. The normalized spacial score (nSPS) is 11.7. The molecule has 0 saturated heterocycles. The van der Waals surface area contributed by atoms with Crippen molar-refractivity contribution < 1.29 is 17.7 Å². The number of hydrogen-bond donors (Lipinski definition) is 0. The molecular weight excluding hydrogens is 1820 g/mol. The SMILES string of the molecule is c1ccc(-c2c3ccccc3c(-c3ccc4oc5cc6ccccc6cc5c4c3)c3ccccc23)cc1.c1ccc(-c2c3ccccc3c(-c3ccc4oc5ccccc5c4c3)c3ccccc23)cc1.c1ccc(-c2c3ccccc3c(-c3cccc4oc5c6ccccc6ccc5c34)c3ccccc23)cc1.c1ccc(-c2cccc(-c3c4ccccc4c(-c4cccc5oc6cc7ccccc7cc6c45)c4ccccc34)c2)cc1. The van der Waals surface area contributed by atoms with E-state index in [1.807, 2.05) is 12.1 Å². The first kappa shape index (κ1) is 86.9. The average Bonchev–Trinajstić information content (AvgIpc) is 1.38. The molecule has 32 rings (SSSR count). The minimum atomic E-state index is 0.913. The number of para-hydroxylation sites is 1. The first-order chi connectivity index (χ1) is 74.4. The lowest BCUT2D eigenvalue weighted by Gasteiger charge is -2.18. The molecule has 150 heavy (non-hydrogen) atoms. The smallest absolute Gasteiger partial charge is 0.143 e. The van der Waals surface area contributed by atoms with Crippen molar-refractivity contribution in [3.8, 4) is 100 Å². The van der Waals surface area contributed by atoms with E-state index in [-0.39, 0.29) is 0 Å². The fourth-order valence-corrected chi connectivity index (χ4v) is 24.2. The Bertz CT molecular complexity index is 10800. The zero-order valence-corrected chi connectivity index (χ0v) is 81.6. The largest absolute Gasteiger partial charge is 0.456 e. The molecule has 0 aliphatic heterocycles. The van der Waals surface area contributed by atoms with Crippen LogP contribution in [0.4, 0.5) is 0 Å². The lowest BCUT2D eigenvalue weighted by atomic mass is 9.84. The van der Waals surface area contributed by atoms with E-state index in [0.717, 1.165) is 87.8 Å². The van der Waals surface area contributed by atoms with Crippen LogP contribution in [0.3, 0.4) is 0 Å². The fraction of sp³-hybridized carbons (Fsp3) is 0. The summed E-state index contributed by atoms with van der Waals surface area (Å²) in [5.74, 6) is 0. The number of rotatable bonds is 9. The Balaban J connectivity index is 0.0000000943. The predicted octanol–water partition coefficient (Wildman–Crippen LogP) is 42.0. The average molecular weight is 1910 g/mol. The van der Waals surface area contributed by atoms with Gasteiger partial charge in [-0.15, -0.1) is 0 Å². The molecule has 0 bridgehead atoms. The molecule has 0 amide bonds. The Labute approximate surface area is 863 Å². The standard InChI is InChI=1S/C42H26O.2C36H22O.C32H20O/c1-2-12-27(13-3-1)28-16-10-17-31(24-28)40-32-18-6-8-20-34(32)41(35-21-9-7-19-33(35)40)36-22-11-23-38-42(36)37-25-29-14-4-5-15-30(29)26-39(37)43-38;1-2-12-24(13-3-1)33-26-15-6-8-17-28(26)34(29-18-9-7-16-27(29)33)30-19-10-20-32-35(30)31-22-21-23-11-4-5-14-25(23)36(31)37-32;1-2-10-23(11-3-1)35-27-14-6-8-16-29(27)36(30-17-9-7-15-28(30)35)26-18-19-33-31(21-26)32-20-24-12-4-5-13-25(24)22-34(32)37-33;1-2-10-21(11-3-1)31-24-13-4-6-15-26(24)32(27-16-7-5-14-25(27)31)22-18-19-30-28(20-22)23-12-8-9-17-29(23)33-30/h1-26H;2*1-22H;1-20H. The van der Waals surface area contributed by atoms with Crippen LogP contribution in [-0.2, 0) is 0 Å². The Hall–Kier alpha value is -19.8. The van der Waals surface area contributed by atoms with Crippen molar-refractivity contribution in [1.82, 2.24) is 0 Å². The summed E-state index contributed by atoms with van der Waals surface area (Å²) in [4.78, 5) is 0. The van der Waals surface area contributed by atoms with Crippen LogP contribution in [0, 0.1) is 0 Å². The van der Waals surface area contributed by atoms with Crippen molar-refractivity contribution in [2.24, 2.45) is 0 Å². The maximum atomic E-state index is 6.55. The highest BCUT2D eigenvalue weighted by atomic mass is 16.3. The molecule has 0 saturated carbocycles. The van der Waals surface area contributed by atoms with Gasteiger partial charge in [-0.25, -0.2) is 0 Å². The molecule has 4 heteroatoms. The molecule has 0 spiro atoms. The molecule has 4 heterocycles. The molecule has 4 aromatic heterocycles. The second kappa shape index (κ2) is 36.2. The van der Waals surface area contributed by atoms with E-state index in [1.165, 1.54) is 219 Å². The Kier molecular flexibility index (Phi) is 21.0. The fourth-order valence-electron chi connectivity index (χ4n) is 24.2. The van der Waals surface area contributed by atoms with Crippen LogP contribution in [0.5, 0.6) is 0 Å². The highest BCUT2D eigenvalue weighted by Gasteiger charge is 2.27. The summed E-state index contributed by atoms with van der Waals surface area (Å²) in [6.45, 7) is 0. The van der Waals surface area contributed by atoms with Crippen molar-refractivity contribution in [1.29, 1.82) is 0 Å². The highest BCUT2D eigenvalue weighted by Crippen LogP contribution is 2.54. The monoisotopic (exact) mass is 1910 g/mol. The summed E-state index contributed by atoms with van der Waals surface area (Å²) in [6.07, 6.45) is 0. The highest BCUT2D eigenvalue weighted by molar-refractivity contribution is 6.31. The van der Waals surface area contributed by atoms with Gasteiger partial charge in [-0.2, -0.15) is 0 Å². The van der Waals surface area contributed by atoms with Gasteiger partial charge in [0.05, 0.1) is 0 Å². The molecule has 0 radical (unpaired) electrons. The van der Waals surface area contributed by atoms with Crippen LogP contribution in [0.2, 0.25) is 0 Å². The Morgan fingerprint density at radius 2 is 0.353 bits per heavy atom. The van der Waals surface area contributed by atoms with E-state index in [9.17, 15) is 0 Å². The van der Waals surface area contributed by atoms with E-state index >= 15 is 0 Å². The van der Waals surface area contributed by atoms with Gasteiger partial charge in [-0.05, 0) is 292 Å². The van der Waals surface area contributed by atoms with Gasteiger partial charge in [0.15, 0.2) is 0 Å². The number of hydrogen-bond acceptors (Lipinski definition) is 4. The molecule has 4 nitrogen and oxygen atoms in total. The topological polar surface area (TPSA) is 52.6 Å². The summed E-state index contributed by atoms with van der Waals surface area (Å²) >= 11 is 0. The first-order valence-corrected chi connectivity index (χ1v) is 51.5. The van der Waals surface area contributed by atoms with Gasteiger partial charge in [-0.1, -0.05) is 467 Å². The summed E-state index contributed by atoms with van der Waals surface area (Å²) in [5, 5.41) is 36.6.